The van der Waals surface area contributed by atoms with Gasteiger partial charge in [-0.05, 0) is 64.8 Å². The summed E-state index contributed by atoms with van der Waals surface area (Å²) in [6.45, 7) is 8.97. The molecule has 1 aliphatic rings. The second-order valence-electron chi connectivity index (χ2n) is 10.1. The summed E-state index contributed by atoms with van der Waals surface area (Å²) in [4.78, 5) is 18.6. The van der Waals surface area contributed by atoms with Crippen LogP contribution in [-0.4, -0.2) is 42.8 Å². The lowest BCUT2D eigenvalue weighted by Gasteiger charge is -2.33. The first-order valence-electron chi connectivity index (χ1n) is 12.8. The molecule has 36 heavy (non-hydrogen) atoms. The summed E-state index contributed by atoms with van der Waals surface area (Å²) in [6.07, 6.45) is 2.22. The lowest BCUT2D eigenvalue weighted by atomic mass is 9.99. The van der Waals surface area contributed by atoms with Crippen LogP contribution in [0.25, 0.3) is 10.9 Å². The molecule has 1 aliphatic heterocycles. The molecule has 8 nitrogen and oxygen atoms in total. The van der Waals surface area contributed by atoms with Crippen LogP contribution in [0.5, 0.6) is 0 Å². The number of nitrogens with zero attached hydrogens (tertiary/aromatic N) is 5. The van der Waals surface area contributed by atoms with E-state index in [2.05, 4.69) is 63.5 Å². The van der Waals surface area contributed by atoms with E-state index >= 15 is 0 Å². The van der Waals surface area contributed by atoms with E-state index in [1.165, 1.54) is 5.56 Å². The molecular formula is C28H34N6O2. The SMILES string of the molecule is Cc1ccc2cc(CN(Cc3ccccc3)[C@@H](c3nnnn3C[C@H]3CCCO3)C(C)C)c(=O)[nH]c2c1. The third-order valence-electron chi connectivity index (χ3n) is 6.93. The number of ether oxygens (including phenoxy) is 1. The van der Waals surface area contributed by atoms with Gasteiger partial charge in [0, 0.05) is 30.8 Å². The van der Waals surface area contributed by atoms with Crippen LogP contribution in [0.1, 0.15) is 55.2 Å². The van der Waals surface area contributed by atoms with Gasteiger partial charge in [-0.25, -0.2) is 4.68 Å². The number of aromatic nitrogens is 5. The molecule has 1 fully saturated rings. The maximum atomic E-state index is 13.2. The number of aryl methyl sites for hydroxylation is 1. The first-order chi connectivity index (χ1) is 17.5. The van der Waals surface area contributed by atoms with Gasteiger partial charge in [-0.1, -0.05) is 56.3 Å². The number of aromatic amines is 1. The molecule has 188 valence electrons. The van der Waals surface area contributed by atoms with E-state index in [1.54, 1.807) is 0 Å². The fourth-order valence-corrected chi connectivity index (χ4v) is 5.18. The van der Waals surface area contributed by atoms with E-state index in [0.717, 1.165) is 47.3 Å². The van der Waals surface area contributed by atoms with Crippen molar-refractivity contribution < 1.29 is 4.74 Å². The maximum Gasteiger partial charge on any atom is 0.252 e. The number of hydrogen-bond donors (Lipinski definition) is 1. The Morgan fingerprint density at radius 1 is 1.14 bits per heavy atom. The van der Waals surface area contributed by atoms with Gasteiger partial charge in [-0.2, -0.15) is 0 Å². The van der Waals surface area contributed by atoms with E-state index in [1.807, 2.05) is 41.9 Å². The summed E-state index contributed by atoms with van der Waals surface area (Å²) < 4.78 is 7.76. The summed E-state index contributed by atoms with van der Waals surface area (Å²) >= 11 is 0. The molecular weight excluding hydrogens is 452 g/mol. The standard InChI is InChI=1S/C28H34N6O2/c1-19(2)26(27-30-31-32-34(27)18-24-10-7-13-36-24)33(16-21-8-5-4-6-9-21)17-23-15-22-12-11-20(3)14-25(22)29-28(23)35/h4-6,8-9,11-12,14-15,19,24,26H,7,10,13,16-18H2,1-3H3,(H,29,35)/t24-,26-/m1/s1. The van der Waals surface area contributed by atoms with Crippen LogP contribution in [0.3, 0.4) is 0 Å². The van der Waals surface area contributed by atoms with Gasteiger partial charge < -0.3 is 9.72 Å². The Hall–Kier alpha value is -3.36. The Morgan fingerprint density at radius 3 is 2.72 bits per heavy atom. The monoisotopic (exact) mass is 486 g/mol. The fraction of sp³-hybridized carbons (Fsp3) is 0.429. The van der Waals surface area contributed by atoms with Gasteiger partial charge in [0.1, 0.15) is 0 Å². The quantitative estimate of drug-likeness (QED) is 0.377. The summed E-state index contributed by atoms with van der Waals surface area (Å²) in [7, 11) is 0. The van der Waals surface area contributed by atoms with E-state index in [9.17, 15) is 4.79 Å². The Balaban J connectivity index is 1.52. The zero-order valence-corrected chi connectivity index (χ0v) is 21.2. The molecule has 0 aliphatic carbocycles. The number of rotatable bonds is 9. The van der Waals surface area contributed by atoms with Crippen LogP contribution in [-0.2, 0) is 24.4 Å². The van der Waals surface area contributed by atoms with Crippen molar-refractivity contribution in [2.24, 2.45) is 5.92 Å². The molecule has 0 bridgehead atoms. The summed E-state index contributed by atoms with van der Waals surface area (Å²) in [6, 6.07) is 18.4. The van der Waals surface area contributed by atoms with Crippen LogP contribution < -0.4 is 5.56 Å². The van der Waals surface area contributed by atoms with Gasteiger partial charge in [0.15, 0.2) is 5.82 Å². The van der Waals surface area contributed by atoms with Crippen molar-refractivity contribution >= 4 is 10.9 Å². The summed E-state index contributed by atoms with van der Waals surface area (Å²) in [5.74, 6) is 1.02. The van der Waals surface area contributed by atoms with Gasteiger partial charge in [0.25, 0.3) is 5.56 Å². The second-order valence-corrected chi connectivity index (χ2v) is 10.1. The molecule has 1 N–H and O–H groups in total. The molecule has 4 aromatic rings. The molecule has 3 heterocycles. The Kier molecular flexibility index (Phi) is 7.25. The highest BCUT2D eigenvalue weighted by molar-refractivity contribution is 5.79. The van der Waals surface area contributed by atoms with Crippen molar-refractivity contribution in [2.75, 3.05) is 6.61 Å². The van der Waals surface area contributed by atoms with Crippen LogP contribution in [0, 0.1) is 12.8 Å². The minimum absolute atomic E-state index is 0.0624. The largest absolute Gasteiger partial charge is 0.376 e. The van der Waals surface area contributed by atoms with E-state index in [0.29, 0.717) is 19.6 Å². The van der Waals surface area contributed by atoms with E-state index < -0.39 is 0 Å². The number of H-pyrrole nitrogens is 1. The van der Waals surface area contributed by atoms with Crippen molar-refractivity contribution in [3.63, 3.8) is 0 Å². The molecule has 0 unspecified atom stereocenters. The van der Waals surface area contributed by atoms with Crippen LogP contribution in [0.2, 0.25) is 0 Å². The van der Waals surface area contributed by atoms with Crippen molar-refractivity contribution in [1.82, 2.24) is 30.1 Å². The van der Waals surface area contributed by atoms with Gasteiger partial charge in [0.2, 0.25) is 0 Å². The molecule has 5 rings (SSSR count). The highest BCUT2D eigenvalue weighted by atomic mass is 16.5. The molecule has 2 atom stereocenters. The van der Waals surface area contributed by atoms with E-state index in [-0.39, 0.29) is 23.6 Å². The molecule has 0 spiro atoms. The van der Waals surface area contributed by atoms with Crippen LogP contribution >= 0.6 is 0 Å². The Morgan fingerprint density at radius 2 is 1.97 bits per heavy atom. The minimum Gasteiger partial charge on any atom is -0.376 e. The highest BCUT2D eigenvalue weighted by Gasteiger charge is 2.31. The molecule has 8 heteroatoms. The summed E-state index contributed by atoms with van der Waals surface area (Å²) in [5.41, 5.74) is 3.82. The number of hydrogen-bond acceptors (Lipinski definition) is 6. The van der Waals surface area contributed by atoms with Gasteiger partial charge >= 0.3 is 0 Å². The highest BCUT2D eigenvalue weighted by Crippen LogP contribution is 2.31. The lowest BCUT2D eigenvalue weighted by molar-refractivity contribution is 0.0851. The van der Waals surface area contributed by atoms with Crippen molar-refractivity contribution in [2.45, 2.75) is 65.4 Å². The molecule has 2 aromatic carbocycles. The topological polar surface area (TPSA) is 88.9 Å². The van der Waals surface area contributed by atoms with Crippen molar-refractivity contribution in [1.29, 1.82) is 0 Å². The number of nitrogens with one attached hydrogen (secondary N) is 1. The van der Waals surface area contributed by atoms with E-state index in [4.69, 9.17) is 4.74 Å². The number of tetrazole rings is 1. The smallest absolute Gasteiger partial charge is 0.252 e. The zero-order valence-electron chi connectivity index (χ0n) is 21.2. The number of fused-ring (bicyclic) bond motifs is 1. The normalized spacial score (nSPS) is 16.9. The number of benzene rings is 2. The third-order valence-corrected chi connectivity index (χ3v) is 6.93. The van der Waals surface area contributed by atoms with Crippen LogP contribution in [0.15, 0.2) is 59.4 Å². The van der Waals surface area contributed by atoms with Gasteiger partial charge in [-0.15, -0.1) is 5.10 Å². The fourth-order valence-electron chi connectivity index (χ4n) is 5.18. The number of pyridine rings is 1. The predicted molar refractivity (Wildman–Crippen MR) is 139 cm³/mol. The average molecular weight is 487 g/mol. The molecule has 0 radical (unpaired) electrons. The van der Waals surface area contributed by atoms with Gasteiger partial charge in [-0.3, -0.25) is 9.69 Å². The molecule has 1 saturated heterocycles. The third kappa shape index (κ3) is 5.39. The van der Waals surface area contributed by atoms with Crippen molar-refractivity contribution in [3.05, 3.63) is 87.5 Å². The first-order valence-corrected chi connectivity index (χ1v) is 12.8. The molecule has 0 amide bonds. The van der Waals surface area contributed by atoms with Crippen molar-refractivity contribution in [3.8, 4) is 0 Å². The summed E-state index contributed by atoms with van der Waals surface area (Å²) in [5, 5.41) is 13.9. The molecule has 0 saturated carbocycles. The van der Waals surface area contributed by atoms with Gasteiger partial charge in [0.05, 0.1) is 18.7 Å². The molecule has 2 aromatic heterocycles. The predicted octanol–water partition coefficient (Wildman–Crippen LogP) is 4.40. The maximum absolute atomic E-state index is 13.2. The van der Waals surface area contributed by atoms with Crippen LogP contribution in [0.4, 0.5) is 0 Å². The zero-order chi connectivity index (χ0) is 25.1. The minimum atomic E-state index is -0.0882. The lowest BCUT2D eigenvalue weighted by Crippen LogP contribution is -2.36. The second kappa shape index (κ2) is 10.7. The average Bonchev–Trinajstić information content (AvgIpc) is 3.53. The Bertz CT molecular complexity index is 1360. The Labute approximate surface area is 211 Å². The first kappa shape index (κ1) is 24.3.